The molecule has 6 rings (SSSR count). The number of hydrogen-bond acceptors (Lipinski definition) is 8. The van der Waals surface area contributed by atoms with Crippen molar-refractivity contribution in [1.82, 2.24) is 30.1 Å². The largest absolute Gasteiger partial charge is 0.379 e. The third-order valence-electron chi connectivity index (χ3n) is 11.0. The standard InChI is InChI=1S/C41H55N7O4/c1-6-39(49)45-13-11-35(12-14-45)48(7-2)38-26-34(25-36(31(38)5)40(50)42-27-37-29(3)23-30(4)43-41(37)51)33-10-8-9-32(24-33)28-44-15-17-46(18-16-44)47-19-21-52-22-20-47/h6,8-10,23-26,35H,1,7,11-22,27-28H2,2-5H3,(H,42,50)(H,43,51). The van der Waals surface area contributed by atoms with Gasteiger partial charge in [0, 0.05) is 101 Å². The van der Waals surface area contributed by atoms with Crippen LogP contribution < -0.4 is 15.8 Å². The number of likely N-dealkylation sites (tertiary alicyclic amines) is 1. The van der Waals surface area contributed by atoms with Gasteiger partial charge in [0.1, 0.15) is 0 Å². The molecule has 2 N–H and O–H groups in total. The van der Waals surface area contributed by atoms with E-state index >= 15 is 0 Å². The number of rotatable bonds is 11. The number of hydrazine groups is 1. The zero-order valence-electron chi connectivity index (χ0n) is 31.4. The highest BCUT2D eigenvalue weighted by atomic mass is 16.5. The van der Waals surface area contributed by atoms with Crippen LogP contribution in [0.5, 0.6) is 0 Å². The number of ether oxygens (including phenoxy) is 1. The maximum Gasteiger partial charge on any atom is 0.253 e. The van der Waals surface area contributed by atoms with E-state index in [1.807, 2.05) is 37.8 Å². The Hall–Kier alpha value is -4.29. The van der Waals surface area contributed by atoms with Crippen molar-refractivity contribution in [1.29, 1.82) is 0 Å². The normalized spacial score (nSPS) is 18.0. The van der Waals surface area contributed by atoms with Crippen LogP contribution in [0.1, 0.15) is 58.1 Å². The summed E-state index contributed by atoms with van der Waals surface area (Å²) in [6.45, 7) is 22.3. The van der Waals surface area contributed by atoms with Gasteiger partial charge in [-0.1, -0.05) is 24.8 Å². The third kappa shape index (κ3) is 8.66. The number of hydrogen-bond donors (Lipinski definition) is 2. The highest BCUT2D eigenvalue weighted by Gasteiger charge is 2.28. The van der Waals surface area contributed by atoms with Crippen LogP contribution in [0.2, 0.25) is 0 Å². The summed E-state index contributed by atoms with van der Waals surface area (Å²) >= 11 is 0. The average molecular weight is 710 g/mol. The molecule has 52 heavy (non-hydrogen) atoms. The van der Waals surface area contributed by atoms with Crippen LogP contribution in [0.3, 0.4) is 0 Å². The van der Waals surface area contributed by atoms with E-state index in [0.29, 0.717) is 24.2 Å². The van der Waals surface area contributed by atoms with Crippen LogP contribution in [-0.2, 0) is 22.6 Å². The molecule has 0 atom stereocenters. The number of aromatic amines is 1. The summed E-state index contributed by atoms with van der Waals surface area (Å²) in [5, 5.41) is 7.98. The van der Waals surface area contributed by atoms with Crippen LogP contribution in [0.15, 0.2) is 59.9 Å². The molecule has 3 aromatic rings. The van der Waals surface area contributed by atoms with Crippen LogP contribution in [0, 0.1) is 20.8 Å². The number of piperazine rings is 1. The molecule has 0 radical (unpaired) electrons. The van der Waals surface area contributed by atoms with Gasteiger partial charge >= 0.3 is 0 Å². The van der Waals surface area contributed by atoms with Crippen molar-refractivity contribution in [3.05, 3.63) is 99.0 Å². The lowest BCUT2D eigenvalue weighted by molar-refractivity contribution is -0.127. The summed E-state index contributed by atoms with van der Waals surface area (Å²) in [6, 6.07) is 15.1. The highest BCUT2D eigenvalue weighted by molar-refractivity contribution is 5.99. The molecule has 0 unspecified atom stereocenters. The van der Waals surface area contributed by atoms with Crippen molar-refractivity contribution in [3.63, 3.8) is 0 Å². The Morgan fingerprint density at radius 3 is 2.33 bits per heavy atom. The maximum absolute atomic E-state index is 14.1. The molecule has 0 aliphatic carbocycles. The number of carbonyl (C=O) groups is 2. The monoisotopic (exact) mass is 709 g/mol. The zero-order chi connectivity index (χ0) is 36.8. The fourth-order valence-corrected chi connectivity index (χ4v) is 8.04. The number of amides is 2. The van der Waals surface area contributed by atoms with Gasteiger partial charge in [0.25, 0.3) is 11.5 Å². The fourth-order valence-electron chi connectivity index (χ4n) is 8.04. The third-order valence-corrected chi connectivity index (χ3v) is 11.0. The minimum atomic E-state index is -0.211. The first kappa shape index (κ1) is 37.5. The topological polar surface area (TPSA) is 104 Å². The van der Waals surface area contributed by atoms with Gasteiger partial charge in [-0.3, -0.25) is 19.3 Å². The highest BCUT2D eigenvalue weighted by Crippen LogP contribution is 2.34. The Morgan fingerprint density at radius 1 is 0.942 bits per heavy atom. The van der Waals surface area contributed by atoms with Gasteiger partial charge in [-0.2, -0.15) is 0 Å². The molecule has 4 heterocycles. The van der Waals surface area contributed by atoms with E-state index in [2.05, 4.69) is 74.0 Å². The molecule has 3 saturated heterocycles. The SMILES string of the molecule is C=CC(=O)N1CCC(N(CC)c2cc(-c3cccc(CN4CCN(N5CCOCC5)CC4)c3)cc(C(=O)NCc3c(C)cc(C)[nH]c3=O)c2C)CC1. The number of morpholine rings is 1. The molecule has 2 aromatic carbocycles. The second kappa shape index (κ2) is 17.0. The minimum Gasteiger partial charge on any atom is -0.379 e. The van der Waals surface area contributed by atoms with Crippen molar-refractivity contribution >= 4 is 17.5 Å². The van der Waals surface area contributed by atoms with E-state index in [1.54, 1.807) is 0 Å². The molecule has 11 nitrogen and oxygen atoms in total. The summed E-state index contributed by atoms with van der Waals surface area (Å²) in [6.07, 6.45) is 3.06. The van der Waals surface area contributed by atoms with Crippen molar-refractivity contribution in [2.45, 2.75) is 59.7 Å². The Bertz CT molecular complexity index is 1800. The van der Waals surface area contributed by atoms with Crippen LogP contribution in [-0.4, -0.2) is 115 Å². The number of nitrogens with zero attached hydrogens (tertiary/aromatic N) is 5. The predicted molar refractivity (Wildman–Crippen MR) is 206 cm³/mol. The first-order valence-corrected chi connectivity index (χ1v) is 18.8. The lowest BCUT2D eigenvalue weighted by Crippen LogP contribution is -2.56. The van der Waals surface area contributed by atoms with E-state index < -0.39 is 0 Å². The average Bonchev–Trinajstić information content (AvgIpc) is 3.16. The molecule has 0 saturated carbocycles. The summed E-state index contributed by atoms with van der Waals surface area (Å²) < 4.78 is 5.55. The van der Waals surface area contributed by atoms with Gasteiger partial charge in [0.2, 0.25) is 5.91 Å². The fraction of sp³-hybridized carbons (Fsp3) is 0.488. The number of nitrogens with one attached hydrogen (secondary N) is 2. The summed E-state index contributed by atoms with van der Waals surface area (Å²) in [5.41, 5.74) is 7.82. The van der Waals surface area contributed by atoms with E-state index in [4.69, 9.17) is 4.74 Å². The van der Waals surface area contributed by atoms with Crippen LogP contribution in [0.4, 0.5) is 5.69 Å². The minimum absolute atomic E-state index is 0.0276. The number of carbonyl (C=O) groups excluding carboxylic acids is 2. The molecule has 11 heteroatoms. The smallest absolute Gasteiger partial charge is 0.253 e. The quantitative estimate of drug-likeness (QED) is 0.285. The number of anilines is 1. The van der Waals surface area contributed by atoms with Gasteiger partial charge in [0.15, 0.2) is 0 Å². The van der Waals surface area contributed by atoms with E-state index in [0.717, 1.165) is 112 Å². The molecular weight excluding hydrogens is 654 g/mol. The molecule has 3 aliphatic rings. The molecule has 3 aliphatic heterocycles. The van der Waals surface area contributed by atoms with Gasteiger partial charge in [0.05, 0.1) is 13.2 Å². The number of benzene rings is 2. The Morgan fingerprint density at radius 2 is 1.65 bits per heavy atom. The van der Waals surface area contributed by atoms with E-state index in [-0.39, 0.29) is 30.0 Å². The Kier molecular flexibility index (Phi) is 12.3. The zero-order valence-corrected chi connectivity index (χ0v) is 31.4. The van der Waals surface area contributed by atoms with E-state index in [1.165, 1.54) is 11.6 Å². The summed E-state index contributed by atoms with van der Waals surface area (Å²) in [5.74, 6) is -0.239. The molecule has 1 aromatic heterocycles. The van der Waals surface area contributed by atoms with Gasteiger partial charge in [-0.05, 0) is 98.7 Å². The molecule has 3 fully saturated rings. The maximum atomic E-state index is 14.1. The molecule has 278 valence electrons. The first-order chi connectivity index (χ1) is 25.1. The summed E-state index contributed by atoms with van der Waals surface area (Å²) in [7, 11) is 0. The second-order valence-corrected chi connectivity index (χ2v) is 14.3. The van der Waals surface area contributed by atoms with E-state index in [9.17, 15) is 14.4 Å². The van der Waals surface area contributed by atoms with Crippen molar-refractivity contribution in [2.24, 2.45) is 0 Å². The van der Waals surface area contributed by atoms with Crippen molar-refractivity contribution in [3.8, 4) is 11.1 Å². The predicted octanol–water partition coefficient (Wildman–Crippen LogP) is 4.27. The Labute approximate surface area is 308 Å². The van der Waals surface area contributed by atoms with Crippen molar-refractivity contribution in [2.75, 3.05) is 77.0 Å². The molecule has 2 amide bonds. The van der Waals surface area contributed by atoms with Crippen LogP contribution in [0.25, 0.3) is 11.1 Å². The molecule has 0 bridgehead atoms. The summed E-state index contributed by atoms with van der Waals surface area (Å²) in [4.78, 5) is 48.8. The number of pyridine rings is 1. The van der Waals surface area contributed by atoms with Crippen LogP contribution >= 0.6 is 0 Å². The van der Waals surface area contributed by atoms with Crippen molar-refractivity contribution < 1.29 is 14.3 Å². The number of piperidine rings is 1. The molecular formula is C41H55N7O4. The first-order valence-electron chi connectivity index (χ1n) is 18.8. The van der Waals surface area contributed by atoms with Gasteiger partial charge in [-0.25, -0.2) is 10.0 Å². The lowest BCUT2D eigenvalue weighted by atomic mass is 9.94. The van der Waals surface area contributed by atoms with Gasteiger partial charge < -0.3 is 24.8 Å². The molecule has 0 spiro atoms. The lowest BCUT2D eigenvalue weighted by Gasteiger charge is -2.42. The number of aryl methyl sites for hydroxylation is 2. The number of aromatic nitrogens is 1. The number of H-pyrrole nitrogens is 1. The Balaban J connectivity index is 1.26. The van der Waals surface area contributed by atoms with Gasteiger partial charge in [-0.15, -0.1) is 0 Å². The second-order valence-electron chi connectivity index (χ2n) is 14.3.